The second kappa shape index (κ2) is 7.87. The van der Waals surface area contributed by atoms with Gasteiger partial charge in [-0.05, 0) is 49.2 Å². The number of carbonyl (C=O) groups excluding carboxylic acids is 1. The van der Waals surface area contributed by atoms with E-state index >= 15 is 0 Å². The number of aromatic nitrogens is 1. The van der Waals surface area contributed by atoms with Crippen LogP contribution in [0.2, 0.25) is 0 Å². The first-order valence-electron chi connectivity index (χ1n) is 8.48. The Hall–Kier alpha value is -3.08. The van der Waals surface area contributed by atoms with E-state index in [0.29, 0.717) is 24.2 Å². The van der Waals surface area contributed by atoms with Crippen molar-refractivity contribution in [3.63, 3.8) is 0 Å². The summed E-state index contributed by atoms with van der Waals surface area (Å²) in [5.41, 5.74) is 3.19. The summed E-state index contributed by atoms with van der Waals surface area (Å²) in [7, 11) is 3.27. The maximum Gasteiger partial charge on any atom is 0.253 e. The number of para-hydroxylation sites is 1. The number of carbonyl (C=O) groups is 1. The van der Waals surface area contributed by atoms with Gasteiger partial charge in [0.15, 0.2) is 0 Å². The summed E-state index contributed by atoms with van der Waals surface area (Å²) in [6.45, 7) is 2.37. The van der Waals surface area contributed by atoms with Crippen LogP contribution < -0.4 is 14.8 Å². The van der Waals surface area contributed by atoms with E-state index in [9.17, 15) is 4.79 Å². The van der Waals surface area contributed by atoms with Gasteiger partial charge in [-0.3, -0.25) is 9.78 Å². The van der Waals surface area contributed by atoms with Crippen LogP contribution in [0, 0.1) is 6.92 Å². The highest BCUT2D eigenvalue weighted by Gasteiger charge is 2.12. The second-order valence-corrected chi connectivity index (χ2v) is 6.00. The molecule has 3 rings (SSSR count). The van der Waals surface area contributed by atoms with Gasteiger partial charge in [-0.2, -0.15) is 0 Å². The predicted octanol–water partition coefficient (Wildman–Crippen LogP) is 3.53. The SMILES string of the molecule is COc1ccc2nc(C)c(C(=O)NCCc3ccccc3OC)cc2c1. The molecule has 1 aromatic heterocycles. The summed E-state index contributed by atoms with van der Waals surface area (Å²) in [4.78, 5) is 17.1. The van der Waals surface area contributed by atoms with Crippen molar-refractivity contribution in [1.82, 2.24) is 10.3 Å². The average molecular weight is 350 g/mol. The summed E-state index contributed by atoms with van der Waals surface area (Å²) >= 11 is 0. The van der Waals surface area contributed by atoms with Crippen LogP contribution in [0.1, 0.15) is 21.6 Å². The molecule has 0 bridgehead atoms. The molecule has 1 amide bonds. The van der Waals surface area contributed by atoms with Gasteiger partial charge in [0.2, 0.25) is 0 Å². The third-order valence-corrected chi connectivity index (χ3v) is 4.33. The predicted molar refractivity (Wildman–Crippen MR) is 102 cm³/mol. The number of fused-ring (bicyclic) bond motifs is 1. The maximum atomic E-state index is 12.6. The van der Waals surface area contributed by atoms with Crippen LogP contribution >= 0.6 is 0 Å². The van der Waals surface area contributed by atoms with E-state index in [-0.39, 0.29) is 5.91 Å². The van der Waals surface area contributed by atoms with Crippen molar-refractivity contribution in [2.75, 3.05) is 20.8 Å². The highest BCUT2D eigenvalue weighted by molar-refractivity contribution is 5.98. The highest BCUT2D eigenvalue weighted by Crippen LogP contribution is 2.22. The van der Waals surface area contributed by atoms with E-state index in [1.54, 1.807) is 14.2 Å². The van der Waals surface area contributed by atoms with Crippen LogP contribution in [-0.2, 0) is 6.42 Å². The minimum atomic E-state index is -0.130. The van der Waals surface area contributed by atoms with E-state index in [0.717, 1.165) is 28.0 Å². The molecule has 134 valence electrons. The number of pyridine rings is 1. The summed E-state index contributed by atoms with van der Waals surface area (Å²) in [6, 6.07) is 15.3. The number of rotatable bonds is 6. The third-order valence-electron chi connectivity index (χ3n) is 4.33. The number of ether oxygens (including phenoxy) is 2. The van der Waals surface area contributed by atoms with Gasteiger partial charge in [0.25, 0.3) is 5.91 Å². The summed E-state index contributed by atoms with van der Waals surface area (Å²) in [5.74, 6) is 1.44. The molecule has 0 atom stereocenters. The van der Waals surface area contributed by atoms with Gasteiger partial charge in [0, 0.05) is 11.9 Å². The molecule has 0 aliphatic carbocycles. The minimum absolute atomic E-state index is 0.130. The summed E-state index contributed by atoms with van der Waals surface area (Å²) in [5, 5.41) is 3.85. The Balaban J connectivity index is 1.74. The molecule has 0 saturated carbocycles. The summed E-state index contributed by atoms with van der Waals surface area (Å²) < 4.78 is 10.6. The van der Waals surface area contributed by atoms with Crippen LogP contribution in [0.4, 0.5) is 0 Å². The van der Waals surface area contributed by atoms with Crippen molar-refractivity contribution >= 4 is 16.8 Å². The number of methoxy groups -OCH3 is 2. The van der Waals surface area contributed by atoms with Crippen molar-refractivity contribution in [3.8, 4) is 11.5 Å². The van der Waals surface area contributed by atoms with Crippen molar-refractivity contribution in [3.05, 3.63) is 65.4 Å². The van der Waals surface area contributed by atoms with Gasteiger partial charge >= 0.3 is 0 Å². The molecule has 3 aromatic rings. The number of benzene rings is 2. The van der Waals surface area contributed by atoms with Gasteiger partial charge in [-0.15, -0.1) is 0 Å². The number of nitrogens with one attached hydrogen (secondary N) is 1. The molecule has 5 nitrogen and oxygen atoms in total. The second-order valence-electron chi connectivity index (χ2n) is 6.00. The van der Waals surface area contributed by atoms with Crippen LogP contribution in [0.5, 0.6) is 11.5 Å². The maximum absolute atomic E-state index is 12.6. The molecule has 5 heteroatoms. The number of hydrogen-bond acceptors (Lipinski definition) is 4. The van der Waals surface area contributed by atoms with Crippen LogP contribution in [0.3, 0.4) is 0 Å². The number of amides is 1. The van der Waals surface area contributed by atoms with E-state index < -0.39 is 0 Å². The minimum Gasteiger partial charge on any atom is -0.497 e. The Morgan fingerprint density at radius 2 is 1.88 bits per heavy atom. The van der Waals surface area contributed by atoms with Crippen molar-refractivity contribution in [2.45, 2.75) is 13.3 Å². The van der Waals surface area contributed by atoms with Crippen LogP contribution in [-0.4, -0.2) is 31.7 Å². The Kier molecular flexibility index (Phi) is 5.37. The molecule has 0 radical (unpaired) electrons. The molecule has 0 spiro atoms. The Bertz CT molecular complexity index is 938. The molecule has 0 unspecified atom stereocenters. The molecular weight excluding hydrogens is 328 g/mol. The Labute approximate surface area is 153 Å². The van der Waals surface area contributed by atoms with Gasteiger partial charge in [0.1, 0.15) is 11.5 Å². The fourth-order valence-corrected chi connectivity index (χ4v) is 2.92. The van der Waals surface area contributed by atoms with Gasteiger partial charge in [0.05, 0.1) is 31.0 Å². The largest absolute Gasteiger partial charge is 0.497 e. The zero-order valence-corrected chi connectivity index (χ0v) is 15.2. The zero-order chi connectivity index (χ0) is 18.5. The first-order chi connectivity index (χ1) is 12.6. The fraction of sp³-hybridized carbons (Fsp3) is 0.238. The van der Waals surface area contributed by atoms with Crippen LogP contribution in [0.15, 0.2) is 48.5 Å². The van der Waals surface area contributed by atoms with Crippen molar-refractivity contribution in [1.29, 1.82) is 0 Å². The quantitative estimate of drug-likeness (QED) is 0.739. The van der Waals surface area contributed by atoms with Crippen molar-refractivity contribution in [2.24, 2.45) is 0 Å². The van der Waals surface area contributed by atoms with Crippen LogP contribution in [0.25, 0.3) is 10.9 Å². The topological polar surface area (TPSA) is 60.5 Å². The van der Waals surface area contributed by atoms with Gasteiger partial charge in [-0.25, -0.2) is 0 Å². The lowest BCUT2D eigenvalue weighted by molar-refractivity contribution is 0.0953. The van der Waals surface area contributed by atoms with E-state index in [2.05, 4.69) is 10.3 Å². The van der Waals surface area contributed by atoms with E-state index in [1.165, 1.54) is 0 Å². The standard InChI is InChI=1S/C21H22N2O3/c1-14-18(13-16-12-17(25-2)8-9-19(16)23-14)21(24)22-11-10-15-6-4-5-7-20(15)26-3/h4-9,12-13H,10-11H2,1-3H3,(H,22,24). The monoisotopic (exact) mass is 350 g/mol. The molecule has 0 aliphatic rings. The molecule has 1 heterocycles. The number of aryl methyl sites for hydroxylation is 1. The highest BCUT2D eigenvalue weighted by atomic mass is 16.5. The zero-order valence-electron chi connectivity index (χ0n) is 15.2. The lowest BCUT2D eigenvalue weighted by atomic mass is 10.1. The smallest absolute Gasteiger partial charge is 0.253 e. The van der Waals surface area contributed by atoms with E-state index in [1.807, 2.05) is 55.5 Å². The lowest BCUT2D eigenvalue weighted by Crippen LogP contribution is -2.26. The number of nitrogens with zero attached hydrogens (tertiary/aromatic N) is 1. The van der Waals surface area contributed by atoms with E-state index in [4.69, 9.17) is 9.47 Å². The molecule has 0 aliphatic heterocycles. The fourth-order valence-electron chi connectivity index (χ4n) is 2.92. The molecule has 1 N–H and O–H groups in total. The summed E-state index contributed by atoms with van der Waals surface area (Å²) in [6.07, 6.45) is 0.698. The third kappa shape index (κ3) is 3.77. The van der Waals surface area contributed by atoms with Gasteiger partial charge in [-0.1, -0.05) is 18.2 Å². The molecule has 2 aromatic carbocycles. The lowest BCUT2D eigenvalue weighted by Gasteiger charge is -2.11. The van der Waals surface area contributed by atoms with Gasteiger partial charge < -0.3 is 14.8 Å². The Morgan fingerprint density at radius 3 is 2.65 bits per heavy atom. The molecule has 0 saturated heterocycles. The first-order valence-corrected chi connectivity index (χ1v) is 8.48. The average Bonchev–Trinajstić information content (AvgIpc) is 2.67. The molecule has 26 heavy (non-hydrogen) atoms. The number of hydrogen-bond donors (Lipinski definition) is 1. The molecule has 0 fully saturated rings. The Morgan fingerprint density at radius 1 is 1.08 bits per heavy atom. The molecular formula is C21H22N2O3. The first kappa shape index (κ1) is 17.7. The van der Waals surface area contributed by atoms with Crippen molar-refractivity contribution < 1.29 is 14.3 Å². The normalized spacial score (nSPS) is 10.6.